The molecule has 5 nitrogen and oxygen atoms in total. The van der Waals surface area contributed by atoms with Crippen molar-refractivity contribution < 1.29 is 9.90 Å². The molecule has 0 spiro atoms. The number of aliphatic imine (C=N–C) groups is 1. The number of hydrogen-bond donors (Lipinski definition) is 1. The molecule has 2 rings (SSSR count). The van der Waals surface area contributed by atoms with E-state index in [0.29, 0.717) is 6.42 Å². The monoisotopic (exact) mass is 307 g/mol. The molecule has 0 aliphatic rings. The standard InChI is InChI=1S/C16H15N3O2.C2H2/c1-12(16(20)21)8-18-6-4-13-7-15(11-19-9-13)14-3-2-5-17-10-14;1-2/h2-3,5-11H,4H2,1H3,(H,20,21);1-2H/b12-8+,18-6?;. The average molecular weight is 307 g/mol. The van der Waals surface area contributed by atoms with Crippen molar-refractivity contribution in [3.63, 3.8) is 0 Å². The van der Waals surface area contributed by atoms with Crippen molar-refractivity contribution >= 4 is 12.2 Å². The number of hydrogen-bond acceptors (Lipinski definition) is 4. The fraction of sp³-hybridized carbons (Fsp3) is 0.111. The molecule has 0 aromatic carbocycles. The largest absolute Gasteiger partial charge is 0.478 e. The predicted octanol–water partition coefficient (Wildman–Crippen LogP) is 2.99. The Morgan fingerprint density at radius 1 is 1.26 bits per heavy atom. The van der Waals surface area contributed by atoms with Crippen LogP contribution >= 0.6 is 0 Å². The van der Waals surface area contributed by atoms with Gasteiger partial charge in [0.2, 0.25) is 0 Å². The van der Waals surface area contributed by atoms with Crippen molar-refractivity contribution in [2.24, 2.45) is 4.99 Å². The fourth-order valence-corrected chi connectivity index (χ4v) is 1.67. The zero-order chi connectivity index (χ0) is 17.1. The second-order valence-corrected chi connectivity index (χ2v) is 4.48. The lowest BCUT2D eigenvalue weighted by Crippen LogP contribution is -1.95. The van der Waals surface area contributed by atoms with Gasteiger partial charge in [-0.15, -0.1) is 12.8 Å². The third-order valence-corrected chi connectivity index (χ3v) is 2.83. The van der Waals surface area contributed by atoms with Gasteiger partial charge in [0.05, 0.1) is 5.57 Å². The Kier molecular flexibility index (Phi) is 7.45. The molecule has 0 aliphatic heterocycles. The van der Waals surface area contributed by atoms with Crippen molar-refractivity contribution in [3.8, 4) is 24.0 Å². The first-order valence-electron chi connectivity index (χ1n) is 6.76. The van der Waals surface area contributed by atoms with Crippen molar-refractivity contribution in [3.05, 3.63) is 60.3 Å². The SMILES string of the molecule is C#C.C/C(=C\N=CCc1cncc(-c2cccnc2)c1)C(=O)O. The lowest BCUT2D eigenvalue weighted by Gasteiger charge is -2.02. The quantitative estimate of drug-likeness (QED) is 0.523. The predicted molar refractivity (Wildman–Crippen MR) is 90.9 cm³/mol. The van der Waals surface area contributed by atoms with E-state index in [2.05, 4.69) is 27.8 Å². The molecule has 2 aromatic heterocycles. The van der Waals surface area contributed by atoms with E-state index in [-0.39, 0.29) is 5.57 Å². The van der Waals surface area contributed by atoms with Crippen LogP contribution in [0.25, 0.3) is 11.1 Å². The van der Waals surface area contributed by atoms with Crippen LogP contribution < -0.4 is 0 Å². The molecule has 0 radical (unpaired) electrons. The highest BCUT2D eigenvalue weighted by Gasteiger charge is 2.00. The van der Waals surface area contributed by atoms with Gasteiger partial charge < -0.3 is 5.11 Å². The minimum absolute atomic E-state index is 0.202. The molecular weight excluding hydrogens is 290 g/mol. The number of rotatable bonds is 5. The first-order valence-corrected chi connectivity index (χ1v) is 6.76. The zero-order valence-electron chi connectivity index (χ0n) is 12.8. The summed E-state index contributed by atoms with van der Waals surface area (Å²) in [7, 11) is 0. The molecule has 2 aromatic rings. The van der Waals surface area contributed by atoms with Gasteiger partial charge in [0.25, 0.3) is 0 Å². The first-order chi connectivity index (χ1) is 11.2. The number of carbonyl (C=O) groups is 1. The van der Waals surface area contributed by atoms with Crippen molar-refractivity contribution in [1.82, 2.24) is 9.97 Å². The van der Waals surface area contributed by atoms with E-state index in [1.54, 1.807) is 31.0 Å². The van der Waals surface area contributed by atoms with Gasteiger partial charge >= 0.3 is 5.97 Å². The molecule has 0 saturated heterocycles. The summed E-state index contributed by atoms with van der Waals surface area (Å²) in [6, 6.07) is 5.87. The van der Waals surface area contributed by atoms with Gasteiger partial charge in [0, 0.05) is 54.7 Å². The molecule has 0 bridgehead atoms. The maximum Gasteiger partial charge on any atom is 0.332 e. The van der Waals surface area contributed by atoms with Crippen LogP contribution in [-0.2, 0) is 11.2 Å². The summed E-state index contributed by atoms with van der Waals surface area (Å²) in [6.45, 7) is 1.50. The number of terminal acetylenes is 1. The molecule has 0 aliphatic carbocycles. The Bertz CT molecular complexity index is 719. The van der Waals surface area contributed by atoms with E-state index < -0.39 is 5.97 Å². The zero-order valence-corrected chi connectivity index (χ0v) is 12.8. The molecule has 0 saturated carbocycles. The number of nitrogens with zero attached hydrogens (tertiary/aromatic N) is 3. The molecule has 0 fully saturated rings. The van der Waals surface area contributed by atoms with E-state index >= 15 is 0 Å². The molecular formula is C18H17N3O2. The van der Waals surface area contributed by atoms with Gasteiger partial charge in [0.15, 0.2) is 0 Å². The van der Waals surface area contributed by atoms with Crippen LogP contribution in [0.5, 0.6) is 0 Å². The highest BCUT2D eigenvalue weighted by Crippen LogP contribution is 2.17. The summed E-state index contributed by atoms with van der Waals surface area (Å²) in [4.78, 5) is 22.9. The van der Waals surface area contributed by atoms with Crippen LogP contribution in [0.2, 0.25) is 0 Å². The number of carboxylic acid groups (broad SMARTS) is 1. The fourth-order valence-electron chi connectivity index (χ4n) is 1.67. The maximum absolute atomic E-state index is 10.6. The van der Waals surface area contributed by atoms with Crippen molar-refractivity contribution in [2.75, 3.05) is 0 Å². The number of aromatic nitrogens is 2. The minimum atomic E-state index is -0.965. The Balaban J connectivity index is 0.00000127. The molecule has 116 valence electrons. The summed E-state index contributed by atoms with van der Waals surface area (Å²) < 4.78 is 0. The molecule has 0 amide bonds. The summed E-state index contributed by atoms with van der Waals surface area (Å²) in [5.74, 6) is -0.965. The van der Waals surface area contributed by atoms with Crippen LogP contribution in [0.15, 0.2) is 59.8 Å². The Morgan fingerprint density at radius 3 is 2.65 bits per heavy atom. The van der Waals surface area contributed by atoms with Gasteiger partial charge in [-0.1, -0.05) is 6.07 Å². The average Bonchev–Trinajstić information content (AvgIpc) is 2.61. The van der Waals surface area contributed by atoms with Crippen molar-refractivity contribution in [1.29, 1.82) is 0 Å². The Hall–Kier alpha value is -3.26. The molecule has 0 atom stereocenters. The molecule has 1 N–H and O–H groups in total. The van der Waals surface area contributed by atoms with Gasteiger partial charge in [-0.3, -0.25) is 15.0 Å². The second kappa shape index (κ2) is 9.64. The number of pyridine rings is 2. The highest BCUT2D eigenvalue weighted by molar-refractivity contribution is 5.86. The van der Waals surface area contributed by atoms with Crippen molar-refractivity contribution in [2.45, 2.75) is 13.3 Å². The van der Waals surface area contributed by atoms with Gasteiger partial charge in [-0.2, -0.15) is 0 Å². The third-order valence-electron chi connectivity index (χ3n) is 2.83. The first kappa shape index (κ1) is 17.8. The summed E-state index contributed by atoms with van der Waals surface area (Å²) in [5, 5.41) is 8.70. The summed E-state index contributed by atoms with van der Waals surface area (Å²) in [6.07, 6.45) is 18.6. The minimum Gasteiger partial charge on any atom is -0.478 e. The van der Waals surface area contributed by atoms with E-state index in [0.717, 1.165) is 16.7 Å². The smallest absolute Gasteiger partial charge is 0.332 e. The topological polar surface area (TPSA) is 75.4 Å². The number of aliphatic carboxylic acids is 1. The third kappa shape index (κ3) is 5.94. The van der Waals surface area contributed by atoms with Crippen LogP contribution in [0.4, 0.5) is 0 Å². The normalized spacial score (nSPS) is 10.8. The second-order valence-electron chi connectivity index (χ2n) is 4.48. The Morgan fingerprint density at radius 2 is 2.00 bits per heavy atom. The van der Waals surface area contributed by atoms with Gasteiger partial charge in [0.1, 0.15) is 0 Å². The van der Waals surface area contributed by atoms with Crippen LogP contribution in [0.1, 0.15) is 12.5 Å². The Labute approximate surface area is 135 Å². The maximum atomic E-state index is 10.6. The summed E-state index contributed by atoms with van der Waals surface area (Å²) >= 11 is 0. The van der Waals surface area contributed by atoms with E-state index in [4.69, 9.17) is 5.11 Å². The molecule has 2 heterocycles. The molecule has 0 unspecified atom stereocenters. The van der Waals surface area contributed by atoms with E-state index in [1.807, 2.05) is 18.2 Å². The van der Waals surface area contributed by atoms with E-state index in [9.17, 15) is 4.79 Å². The van der Waals surface area contributed by atoms with Crippen LogP contribution in [0, 0.1) is 12.8 Å². The van der Waals surface area contributed by atoms with Crippen LogP contribution in [-0.4, -0.2) is 27.3 Å². The lowest BCUT2D eigenvalue weighted by atomic mass is 10.1. The van der Waals surface area contributed by atoms with Gasteiger partial charge in [-0.05, 0) is 24.6 Å². The van der Waals surface area contributed by atoms with Crippen LogP contribution in [0.3, 0.4) is 0 Å². The van der Waals surface area contributed by atoms with E-state index in [1.165, 1.54) is 13.1 Å². The number of carboxylic acids is 1. The van der Waals surface area contributed by atoms with Gasteiger partial charge in [-0.25, -0.2) is 4.79 Å². The summed E-state index contributed by atoms with van der Waals surface area (Å²) in [5.41, 5.74) is 3.20. The lowest BCUT2D eigenvalue weighted by molar-refractivity contribution is -0.132. The molecule has 23 heavy (non-hydrogen) atoms. The molecule has 5 heteroatoms. The highest BCUT2D eigenvalue weighted by atomic mass is 16.4.